The molecule has 5 nitrogen and oxygen atoms in total. The van der Waals surface area contributed by atoms with Gasteiger partial charge in [0.05, 0.1) is 4.88 Å². The number of thiophene rings is 1. The number of rotatable bonds is 5. The minimum Gasteiger partial charge on any atom is -0.448 e. The fourth-order valence-electron chi connectivity index (χ4n) is 3.24. The normalized spacial score (nSPS) is 24.0. The van der Waals surface area contributed by atoms with Gasteiger partial charge in [-0.1, -0.05) is 32.8 Å². The molecule has 1 fully saturated rings. The molecule has 0 unspecified atom stereocenters. The number of carbonyl (C=O) groups is 2. The third kappa shape index (κ3) is 4.32. The van der Waals surface area contributed by atoms with Crippen LogP contribution in [0.5, 0.6) is 0 Å². The summed E-state index contributed by atoms with van der Waals surface area (Å²) in [7, 11) is 0. The van der Waals surface area contributed by atoms with Crippen molar-refractivity contribution in [2.75, 3.05) is 0 Å². The second-order valence-electron chi connectivity index (χ2n) is 6.95. The first kappa shape index (κ1) is 19.0. The predicted octanol–water partition coefficient (Wildman–Crippen LogP) is 4.36. The van der Waals surface area contributed by atoms with Crippen molar-refractivity contribution < 1.29 is 14.3 Å². The molecule has 2 aromatic heterocycles. The minimum absolute atomic E-state index is 0.150. The van der Waals surface area contributed by atoms with Gasteiger partial charge in [-0.05, 0) is 36.6 Å². The molecule has 2 heterocycles. The molecule has 7 heteroatoms. The average Bonchev–Trinajstić information content (AvgIpc) is 3.29. The number of hydrogen-bond donors (Lipinski definition) is 1. The highest BCUT2D eigenvalue weighted by Gasteiger charge is 2.30. The van der Waals surface area contributed by atoms with Gasteiger partial charge in [-0.3, -0.25) is 4.79 Å². The number of carbonyl (C=O) groups excluding carboxylic acids is 2. The van der Waals surface area contributed by atoms with Crippen LogP contribution in [0, 0.1) is 11.8 Å². The van der Waals surface area contributed by atoms with Crippen molar-refractivity contribution >= 4 is 34.6 Å². The molecule has 1 saturated carbocycles. The van der Waals surface area contributed by atoms with Crippen molar-refractivity contribution in [1.82, 2.24) is 10.3 Å². The topological polar surface area (TPSA) is 68.3 Å². The zero-order chi connectivity index (χ0) is 18.7. The summed E-state index contributed by atoms with van der Waals surface area (Å²) in [4.78, 5) is 30.1. The molecule has 140 valence electrons. The van der Waals surface area contributed by atoms with E-state index in [1.165, 1.54) is 17.8 Å². The molecule has 0 spiro atoms. The Balaban J connectivity index is 1.56. The summed E-state index contributed by atoms with van der Waals surface area (Å²) < 4.78 is 5.33. The van der Waals surface area contributed by atoms with Crippen LogP contribution in [0.15, 0.2) is 22.9 Å². The lowest BCUT2D eigenvalue weighted by atomic mass is 9.78. The monoisotopic (exact) mass is 392 g/mol. The molecule has 1 aliphatic rings. The highest BCUT2D eigenvalue weighted by molar-refractivity contribution is 7.20. The van der Waals surface area contributed by atoms with Crippen LogP contribution in [0.4, 0.5) is 0 Å². The Morgan fingerprint density at radius 1 is 1.31 bits per heavy atom. The van der Waals surface area contributed by atoms with E-state index in [-0.39, 0.29) is 17.6 Å². The number of nitrogens with zero attached hydrogens (tertiary/aromatic N) is 1. The zero-order valence-corrected chi connectivity index (χ0v) is 16.9. The Morgan fingerprint density at radius 2 is 2.12 bits per heavy atom. The smallest absolute Gasteiger partial charge is 0.358 e. The van der Waals surface area contributed by atoms with Crippen LogP contribution < -0.4 is 5.32 Å². The van der Waals surface area contributed by atoms with Crippen LogP contribution >= 0.6 is 22.7 Å². The van der Waals surface area contributed by atoms with E-state index in [0.29, 0.717) is 11.8 Å². The van der Waals surface area contributed by atoms with E-state index in [9.17, 15) is 9.59 Å². The number of aromatic nitrogens is 1. The van der Waals surface area contributed by atoms with E-state index in [1.54, 1.807) is 23.6 Å². The number of ether oxygens (including phenoxy) is 1. The second kappa shape index (κ2) is 8.31. The lowest BCUT2D eigenvalue weighted by Crippen LogP contribution is -2.47. The van der Waals surface area contributed by atoms with Crippen LogP contribution in [-0.4, -0.2) is 29.0 Å². The molecule has 0 aromatic carbocycles. The summed E-state index contributed by atoms with van der Waals surface area (Å²) in [5, 5.41) is 7.48. The van der Waals surface area contributed by atoms with Gasteiger partial charge in [0.1, 0.15) is 5.01 Å². The Hall–Kier alpha value is -1.73. The zero-order valence-electron chi connectivity index (χ0n) is 15.2. The summed E-state index contributed by atoms with van der Waals surface area (Å²) in [6.45, 7) is 6.00. The fourth-order valence-corrected chi connectivity index (χ4v) is 4.84. The Kier molecular flexibility index (Phi) is 6.09. The fraction of sp³-hybridized carbons (Fsp3) is 0.526. The van der Waals surface area contributed by atoms with Crippen LogP contribution in [0.3, 0.4) is 0 Å². The van der Waals surface area contributed by atoms with Crippen molar-refractivity contribution in [1.29, 1.82) is 0 Å². The Morgan fingerprint density at radius 3 is 2.85 bits per heavy atom. The Labute approximate surface area is 161 Å². The molecule has 1 aliphatic carbocycles. The maximum absolute atomic E-state index is 12.4. The molecule has 26 heavy (non-hydrogen) atoms. The van der Waals surface area contributed by atoms with Crippen molar-refractivity contribution in [3.8, 4) is 9.88 Å². The number of nitrogens with one attached hydrogen (secondary N) is 1. The summed E-state index contributed by atoms with van der Waals surface area (Å²) >= 11 is 2.97. The van der Waals surface area contributed by atoms with Gasteiger partial charge in [-0.2, -0.15) is 0 Å². The maximum Gasteiger partial charge on any atom is 0.358 e. The first-order valence-electron chi connectivity index (χ1n) is 8.96. The quantitative estimate of drug-likeness (QED) is 0.768. The summed E-state index contributed by atoms with van der Waals surface area (Å²) in [5.41, 5.74) is 0.248. The second-order valence-corrected chi connectivity index (χ2v) is 8.75. The van der Waals surface area contributed by atoms with Gasteiger partial charge in [-0.15, -0.1) is 22.7 Å². The van der Waals surface area contributed by atoms with Gasteiger partial charge < -0.3 is 10.1 Å². The van der Waals surface area contributed by atoms with Crippen molar-refractivity contribution in [2.24, 2.45) is 11.8 Å². The number of hydrogen-bond acceptors (Lipinski definition) is 6. The molecule has 0 bridgehead atoms. The summed E-state index contributed by atoms with van der Waals surface area (Å²) in [5.74, 6) is 0.231. The molecule has 3 rings (SSSR count). The summed E-state index contributed by atoms with van der Waals surface area (Å²) in [6.07, 6.45) is 2.47. The van der Waals surface area contributed by atoms with Crippen molar-refractivity contribution in [3.63, 3.8) is 0 Å². The first-order chi connectivity index (χ1) is 12.5. The van der Waals surface area contributed by atoms with E-state index in [1.807, 2.05) is 17.5 Å². The highest BCUT2D eigenvalue weighted by Crippen LogP contribution is 2.30. The average molecular weight is 393 g/mol. The lowest BCUT2D eigenvalue weighted by molar-refractivity contribution is -0.130. The van der Waals surface area contributed by atoms with Gasteiger partial charge in [0.15, 0.2) is 11.8 Å². The molecule has 0 saturated heterocycles. The lowest BCUT2D eigenvalue weighted by Gasteiger charge is -2.35. The molecule has 1 amide bonds. The molecular formula is C19H24N2O3S2. The molecule has 0 radical (unpaired) electrons. The first-order valence-corrected chi connectivity index (χ1v) is 10.7. The Bertz CT molecular complexity index is 757. The van der Waals surface area contributed by atoms with Crippen molar-refractivity contribution in [2.45, 2.75) is 52.2 Å². The van der Waals surface area contributed by atoms with Crippen LogP contribution in [-0.2, 0) is 9.53 Å². The van der Waals surface area contributed by atoms with Crippen LogP contribution in [0.2, 0.25) is 0 Å². The SMILES string of the molecule is C[C@H]1[C@@H](NC(=O)[C@@H](C)OC(=O)c2csc(-c3cccs3)n2)CCC[C@@H]1C. The minimum atomic E-state index is -0.834. The summed E-state index contributed by atoms with van der Waals surface area (Å²) in [6, 6.07) is 4.05. The van der Waals surface area contributed by atoms with E-state index in [4.69, 9.17) is 4.74 Å². The van der Waals surface area contributed by atoms with Crippen LogP contribution in [0.1, 0.15) is 50.5 Å². The molecule has 4 atom stereocenters. The van der Waals surface area contributed by atoms with Gasteiger partial charge in [0.25, 0.3) is 5.91 Å². The number of thiazole rings is 1. The van der Waals surface area contributed by atoms with Gasteiger partial charge >= 0.3 is 5.97 Å². The van der Waals surface area contributed by atoms with Gasteiger partial charge in [0, 0.05) is 11.4 Å². The van der Waals surface area contributed by atoms with Gasteiger partial charge in [0.2, 0.25) is 0 Å². The van der Waals surface area contributed by atoms with Crippen molar-refractivity contribution in [3.05, 3.63) is 28.6 Å². The van der Waals surface area contributed by atoms with E-state index < -0.39 is 12.1 Å². The predicted molar refractivity (Wildman–Crippen MR) is 104 cm³/mol. The van der Waals surface area contributed by atoms with Gasteiger partial charge in [-0.25, -0.2) is 9.78 Å². The molecule has 1 N–H and O–H groups in total. The number of amides is 1. The largest absolute Gasteiger partial charge is 0.448 e. The van der Waals surface area contributed by atoms with E-state index >= 15 is 0 Å². The molecule has 2 aromatic rings. The van der Waals surface area contributed by atoms with E-state index in [2.05, 4.69) is 24.1 Å². The highest BCUT2D eigenvalue weighted by atomic mass is 32.1. The molecular weight excluding hydrogens is 368 g/mol. The third-order valence-electron chi connectivity index (χ3n) is 5.13. The maximum atomic E-state index is 12.4. The molecule has 0 aliphatic heterocycles. The standard InChI is InChI=1S/C19H24N2O3S2/c1-11-6-4-7-14(12(11)2)20-17(22)13(3)24-19(23)15-10-26-18(21-15)16-8-5-9-25-16/h5,8-14H,4,6-7H2,1-3H3,(H,20,22)/t11-,12+,13+,14-/m0/s1. The third-order valence-corrected chi connectivity index (χ3v) is 7.01. The number of esters is 1. The van der Waals surface area contributed by atoms with E-state index in [0.717, 1.165) is 22.7 Å². The van der Waals surface area contributed by atoms with Crippen LogP contribution in [0.25, 0.3) is 9.88 Å².